The van der Waals surface area contributed by atoms with Crippen LogP contribution < -0.4 is 5.73 Å². The topological polar surface area (TPSA) is 63.3 Å². The summed E-state index contributed by atoms with van der Waals surface area (Å²) in [6.45, 7) is 2.14. The average Bonchev–Trinajstić information content (AvgIpc) is 2.64. The predicted molar refractivity (Wildman–Crippen MR) is 46.8 cm³/mol. The Kier molecular flexibility index (Phi) is 2.73. The van der Waals surface area contributed by atoms with Gasteiger partial charge < -0.3 is 10.8 Å². The second-order valence-corrected chi connectivity index (χ2v) is 3.74. The summed E-state index contributed by atoms with van der Waals surface area (Å²) < 4.78 is 0. The molecule has 1 aliphatic rings. The zero-order valence-corrected chi connectivity index (χ0v) is 7.55. The molecule has 2 unspecified atom stereocenters. The number of aliphatic carboxylic acids is 1. The van der Waals surface area contributed by atoms with Gasteiger partial charge in [0.1, 0.15) is 5.54 Å². The van der Waals surface area contributed by atoms with E-state index in [1.165, 1.54) is 12.8 Å². The van der Waals surface area contributed by atoms with E-state index in [0.717, 1.165) is 12.8 Å². The average molecular weight is 171 g/mol. The summed E-state index contributed by atoms with van der Waals surface area (Å²) in [4.78, 5) is 10.6. The van der Waals surface area contributed by atoms with Crippen molar-refractivity contribution in [2.75, 3.05) is 0 Å². The minimum Gasteiger partial charge on any atom is -0.480 e. The van der Waals surface area contributed by atoms with Crippen LogP contribution >= 0.6 is 0 Å². The molecule has 0 aromatic rings. The number of carboxylic acid groups (broad SMARTS) is 1. The summed E-state index contributed by atoms with van der Waals surface area (Å²) in [6.07, 6.45) is 5.14. The van der Waals surface area contributed by atoms with Crippen molar-refractivity contribution in [3.8, 4) is 0 Å². The van der Waals surface area contributed by atoms with Gasteiger partial charge in [-0.3, -0.25) is 4.79 Å². The zero-order chi connectivity index (χ0) is 9.19. The van der Waals surface area contributed by atoms with Crippen LogP contribution in [0.25, 0.3) is 0 Å². The van der Waals surface area contributed by atoms with Crippen LogP contribution in [-0.2, 0) is 4.79 Å². The molecule has 1 fully saturated rings. The van der Waals surface area contributed by atoms with E-state index in [9.17, 15) is 4.79 Å². The highest BCUT2D eigenvalue weighted by atomic mass is 16.4. The first-order chi connectivity index (χ1) is 5.61. The lowest BCUT2D eigenvalue weighted by atomic mass is 10.1. The Balaban J connectivity index is 2.19. The van der Waals surface area contributed by atoms with Gasteiger partial charge in [0, 0.05) is 0 Å². The molecule has 0 spiro atoms. The Hall–Kier alpha value is -0.570. The van der Waals surface area contributed by atoms with Gasteiger partial charge in [-0.05, 0) is 18.8 Å². The molecule has 0 bridgehead atoms. The number of carbonyl (C=O) groups is 1. The molecule has 3 heteroatoms. The Bertz CT molecular complexity index is 181. The number of hydrogen-bond donors (Lipinski definition) is 2. The van der Waals surface area contributed by atoms with Gasteiger partial charge in [0.15, 0.2) is 0 Å². The third kappa shape index (κ3) is 1.78. The second-order valence-electron chi connectivity index (χ2n) is 3.74. The van der Waals surface area contributed by atoms with Crippen LogP contribution in [0.2, 0.25) is 0 Å². The van der Waals surface area contributed by atoms with Gasteiger partial charge in [0.2, 0.25) is 0 Å². The molecule has 70 valence electrons. The quantitative estimate of drug-likeness (QED) is 0.614. The van der Waals surface area contributed by atoms with E-state index in [1.807, 2.05) is 0 Å². The lowest BCUT2D eigenvalue weighted by molar-refractivity contribution is -0.140. The smallest absolute Gasteiger partial charge is 0.323 e. The molecule has 1 saturated carbocycles. The highest BCUT2D eigenvalue weighted by Crippen LogP contribution is 2.44. The highest BCUT2D eigenvalue weighted by molar-refractivity contribution is 5.82. The molecule has 0 heterocycles. The molecule has 3 nitrogen and oxygen atoms in total. The summed E-state index contributed by atoms with van der Waals surface area (Å²) >= 11 is 0. The van der Waals surface area contributed by atoms with Gasteiger partial charge in [-0.1, -0.05) is 26.2 Å². The van der Waals surface area contributed by atoms with E-state index in [4.69, 9.17) is 10.8 Å². The molecular weight excluding hydrogens is 154 g/mol. The van der Waals surface area contributed by atoms with Crippen molar-refractivity contribution in [3.05, 3.63) is 0 Å². The van der Waals surface area contributed by atoms with E-state index in [1.54, 1.807) is 0 Å². The fourth-order valence-corrected chi connectivity index (χ4v) is 1.61. The van der Waals surface area contributed by atoms with Crippen LogP contribution in [0.15, 0.2) is 0 Å². The number of nitrogens with two attached hydrogens (primary N) is 1. The van der Waals surface area contributed by atoms with Crippen LogP contribution in [0.5, 0.6) is 0 Å². The summed E-state index contributed by atoms with van der Waals surface area (Å²) in [5, 5.41) is 8.71. The van der Waals surface area contributed by atoms with E-state index in [2.05, 4.69) is 6.92 Å². The molecule has 0 amide bonds. The van der Waals surface area contributed by atoms with Crippen molar-refractivity contribution in [1.82, 2.24) is 0 Å². The minimum absolute atomic E-state index is 0.238. The van der Waals surface area contributed by atoms with Crippen molar-refractivity contribution in [2.45, 2.75) is 44.6 Å². The molecule has 0 aromatic carbocycles. The van der Waals surface area contributed by atoms with Crippen molar-refractivity contribution in [3.63, 3.8) is 0 Å². The SMILES string of the molecule is CCCCCC1CC1(N)C(=O)O. The Morgan fingerprint density at radius 3 is 2.75 bits per heavy atom. The fraction of sp³-hybridized carbons (Fsp3) is 0.889. The normalized spacial score (nSPS) is 33.3. The van der Waals surface area contributed by atoms with Gasteiger partial charge in [0.05, 0.1) is 0 Å². The maximum Gasteiger partial charge on any atom is 0.323 e. The lowest BCUT2D eigenvalue weighted by Crippen LogP contribution is -2.35. The molecule has 12 heavy (non-hydrogen) atoms. The van der Waals surface area contributed by atoms with E-state index in [0.29, 0.717) is 6.42 Å². The molecule has 0 aliphatic heterocycles. The first-order valence-electron chi connectivity index (χ1n) is 4.63. The molecule has 2 atom stereocenters. The van der Waals surface area contributed by atoms with Crippen molar-refractivity contribution in [1.29, 1.82) is 0 Å². The Labute approximate surface area is 72.9 Å². The summed E-state index contributed by atoms with van der Waals surface area (Å²) in [6, 6.07) is 0. The van der Waals surface area contributed by atoms with Crippen molar-refractivity contribution >= 4 is 5.97 Å². The standard InChI is InChI=1S/C9H17NO2/c1-2-3-4-5-7-6-9(7,10)8(11)12/h7H,2-6,10H2,1H3,(H,11,12). The summed E-state index contributed by atoms with van der Waals surface area (Å²) in [7, 11) is 0. The monoisotopic (exact) mass is 171 g/mol. The first kappa shape index (κ1) is 9.52. The maximum atomic E-state index is 10.6. The second kappa shape index (κ2) is 3.44. The predicted octanol–water partition coefficient (Wildman–Crippen LogP) is 1.37. The largest absolute Gasteiger partial charge is 0.480 e. The highest BCUT2D eigenvalue weighted by Gasteiger charge is 2.56. The Morgan fingerprint density at radius 1 is 1.67 bits per heavy atom. The van der Waals surface area contributed by atoms with Crippen LogP contribution in [0, 0.1) is 5.92 Å². The van der Waals surface area contributed by atoms with Crippen LogP contribution in [0.3, 0.4) is 0 Å². The summed E-state index contributed by atoms with van der Waals surface area (Å²) in [5.74, 6) is -0.592. The molecule has 1 rings (SSSR count). The number of carboxylic acids is 1. The number of hydrogen-bond acceptors (Lipinski definition) is 2. The molecule has 0 radical (unpaired) electrons. The molecular formula is C9H17NO2. The van der Waals surface area contributed by atoms with Crippen LogP contribution in [-0.4, -0.2) is 16.6 Å². The van der Waals surface area contributed by atoms with E-state index >= 15 is 0 Å². The lowest BCUT2D eigenvalue weighted by Gasteiger charge is -2.03. The first-order valence-corrected chi connectivity index (χ1v) is 4.63. The molecule has 1 aliphatic carbocycles. The number of rotatable bonds is 5. The van der Waals surface area contributed by atoms with Gasteiger partial charge in [0.25, 0.3) is 0 Å². The minimum atomic E-state index is -0.867. The molecule has 0 aromatic heterocycles. The maximum absolute atomic E-state index is 10.6. The van der Waals surface area contributed by atoms with Crippen LogP contribution in [0.4, 0.5) is 0 Å². The third-order valence-electron chi connectivity index (χ3n) is 2.71. The van der Waals surface area contributed by atoms with Gasteiger partial charge in [-0.25, -0.2) is 0 Å². The Morgan fingerprint density at radius 2 is 2.33 bits per heavy atom. The van der Waals surface area contributed by atoms with E-state index < -0.39 is 11.5 Å². The van der Waals surface area contributed by atoms with Gasteiger partial charge >= 0.3 is 5.97 Å². The van der Waals surface area contributed by atoms with Crippen molar-refractivity contribution in [2.24, 2.45) is 11.7 Å². The van der Waals surface area contributed by atoms with Crippen molar-refractivity contribution < 1.29 is 9.90 Å². The van der Waals surface area contributed by atoms with E-state index in [-0.39, 0.29) is 5.92 Å². The zero-order valence-electron chi connectivity index (χ0n) is 7.55. The van der Waals surface area contributed by atoms with Gasteiger partial charge in [-0.2, -0.15) is 0 Å². The third-order valence-corrected chi connectivity index (χ3v) is 2.71. The molecule has 3 N–H and O–H groups in total. The van der Waals surface area contributed by atoms with Gasteiger partial charge in [-0.15, -0.1) is 0 Å². The van der Waals surface area contributed by atoms with Crippen LogP contribution in [0.1, 0.15) is 39.0 Å². The molecule has 0 saturated heterocycles. The number of unbranched alkanes of at least 4 members (excludes halogenated alkanes) is 2. The summed E-state index contributed by atoms with van der Waals surface area (Å²) in [5.41, 5.74) is 4.75. The fourth-order valence-electron chi connectivity index (χ4n) is 1.61.